The SMILES string of the molecule is CCCC(C)(C)N1CCC(N2CCOCC2)C1. The molecule has 2 aliphatic heterocycles. The van der Waals surface area contributed by atoms with Crippen LogP contribution < -0.4 is 0 Å². The standard InChI is InChI=1S/C14H28N2O/c1-4-6-14(2,3)16-7-5-13(12-16)15-8-10-17-11-9-15/h13H,4-12H2,1-3H3. The highest BCUT2D eigenvalue weighted by Gasteiger charge is 2.35. The van der Waals surface area contributed by atoms with Crippen LogP contribution in [0.1, 0.15) is 40.0 Å². The van der Waals surface area contributed by atoms with E-state index in [0.29, 0.717) is 5.54 Å². The molecule has 17 heavy (non-hydrogen) atoms. The van der Waals surface area contributed by atoms with E-state index in [1.807, 2.05) is 0 Å². The second kappa shape index (κ2) is 5.68. The summed E-state index contributed by atoms with van der Waals surface area (Å²) in [6.45, 7) is 13.7. The number of likely N-dealkylation sites (tertiary alicyclic amines) is 1. The summed E-state index contributed by atoms with van der Waals surface area (Å²) < 4.78 is 5.44. The van der Waals surface area contributed by atoms with Gasteiger partial charge in [0.2, 0.25) is 0 Å². The number of ether oxygens (including phenoxy) is 1. The molecule has 3 nitrogen and oxygen atoms in total. The van der Waals surface area contributed by atoms with Crippen molar-refractivity contribution in [3.63, 3.8) is 0 Å². The molecule has 2 fully saturated rings. The summed E-state index contributed by atoms with van der Waals surface area (Å²) >= 11 is 0. The third-order valence-corrected chi connectivity index (χ3v) is 4.44. The lowest BCUT2D eigenvalue weighted by Crippen LogP contribution is -2.47. The van der Waals surface area contributed by atoms with E-state index < -0.39 is 0 Å². The van der Waals surface area contributed by atoms with Crippen LogP contribution in [0.25, 0.3) is 0 Å². The molecule has 0 aliphatic carbocycles. The molecule has 0 aromatic carbocycles. The molecule has 2 heterocycles. The van der Waals surface area contributed by atoms with Crippen LogP contribution >= 0.6 is 0 Å². The molecule has 2 aliphatic rings. The van der Waals surface area contributed by atoms with Gasteiger partial charge in [-0.3, -0.25) is 9.80 Å². The van der Waals surface area contributed by atoms with Crippen molar-refractivity contribution < 1.29 is 4.74 Å². The molecule has 3 heteroatoms. The molecule has 0 bridgehead atoms. The largest absolute Gasteiger partial charge is 0.379 e. The average Bonchev–Trinajstić information content (AvgIpc) is 2.80. The van der Waals surface area contributed by atoms with Crippen LogP contribution in [-0.2, 0) is 4.74 Å². The minimum atomic E-state index is 0.385. The van der Waals surface area contributed by atoms with Gasteiger partial charge in [0.1, 0.15) is 0 Å². The van der Waals surface area contributed by atoms with Gasteiger partial charge in [-0.2, -0.15) is 0 Å². The monoisotopic (exact) mass is 240 g/mol. The van der Waals surface area contributed by atoms with Gasteiger partial charge >= 0.3 is 0 Å². The van der Waals surface area contributed by atoms with Crippen molar-refractivity contribution in [1.82, 2.24) is 9.80 Å². The van der Waals surface area contributed by atoms with Crippen molar-refractivity contribution in [2.45, 2.75) is 51.6 Å². The van der Waals surface area contributed by atoms with E-state index >= 15 is 0 Å². The number of morpholine rings is 1. The first-order valence-electron chi connectivity index (χ1n) is 7.20. The molecular weight excluding hydrogens is 212 g/mol. The third-order valence-electron chi connectivity index (χ3n) is 4.44. The zero-order valence-electron chi connectivity index (χ0n) is 11.7. The Bertz CT molecular complexity index is 236. The van der Waals surface area contributed by atoms with E-state index in [1.165, 1.54) is 32.4 Å². The van der Waals surface area contributed by atoms with Gasteiger partial charge in [-0.1, -0.05) is 13.3 Å². The highest BCUT2D eigenvalue weighted by Crippen LogP contribution is 2.27. The van der Waals surface area contributed by atoms with Crippen LogP contribution in [0.2, 0.25) is 0 Å². The molecule has 2 rings (SSSR count). The van der Waals surface area contributed by atoms with Gasteiger partial charge in [0, 0.05) is 37.8 Å². The highest BCUT2D eigenvalue weighted by molar-refractivity contribution is 4.91. The lowest BCUT2D eigenvalue weighted by atomic mass is 9.97. The molecule has 100 valence electrons. The summed E-state index contributed by atoms with van der Waals surface area (Å²) in [6, 6.07) is 0.773. The molecule has 0 radical (unpaired) electrons. The molecule has 0 aromatic heterocycles. The third kappa shape index (κ3) is 3.21. The molecule has 0 saturated carbocycles. The summed E-state index contributed by atoms with van der Waals surface area (Å²) in [6.07, 6.45) is 3.93. The zero-order valence-corrected chi connectivity index (χ0v) is 11.7. The van der Waals surface area contributed by atoms with Crippen LogP contribution in [0.15, 0.2) is 0 Å². The van der Waals surface area contributed by atoms with Gasteiger partial charge < -0.3 is 4.74 Å². The van der Waals surface area contributed by atoms with Crippen LogP contribution in [0.4, 0.5) is 0 Å². The maximum absolute atomic E-state index is 5.44. The predicted octanol–water partition coefficient (Wildman–Crippen LogP) is 1.97. The van der Waals surface area contributed by atoms with E-state index in [4.69, 9.17) is 4.74 Å². The summed E-state index contributed by atoms with van der Waals surface area (Å²) in [5, 5.41) is 0. The molecule has 2 saturated heterocycles. The molecule has 1 atom stereocenters. The Morgan fingerprint density at radius 2 is 1.88 bits per heavy atom. The summed E-state index contributed by atoms with van der Waals surface area (Å²) in [5.74, 6) is 0. The van der Waals surface area contributed by atoms with Gasteiger partial charge in [0.15, 0.2) is 0 Å². The first kappa shape index (κ1) is 13.3. The second-order valence-electron chi connectivity index (χ2n) is 6.10. The van der Waals surface area contributed by atoms with E-state index in [2.05, 4.69) is 30.6 Å². The van der Waals surface area contributed by atoms with Crippen molar-refractivity contribution >= 4 is 0 Å². The smallest absolute Gasteiger partial charge is 0.0594 e. The average molecular weight is 240 g/mol. The minimum Gasteiger partial charge on any atom is -0.379 e. The van der Waals surface area contributed by atoms with E-state index in [9.17, 15) is 0 Å². The van der Waals surface area contributed by atoms with Gasteiger partial charge in [-0.05, 0) is 26.7 Å². The predicted molar refractivity (Wildman–Crippen MR) is 71.4 cm³/mol. The minimum absolute atomic E-state index is 0.385. The Morgan fingerprint density at radius 1 is 1.18 bits per heavy atom. The number of hydrogen-bond acceptors (Lipinski definition) is 3. The fourth-order valence-corrected chi connectivity index (χ4v) is 3.30. The molecule has 0 spiro atoms. The normalized spacial score (nSPS) is 28.8. The van der Waals surface area contributed by atoms with Crippen molar-refractivity contribution in [1.29, 1.82) is 0 Å². The van der Waals surface area contributed by atoms with Crippen LogP contribution in [-0.4, -0.2) is 60.8 Å². The lowest BCUT2D eigenvalue weighted by Gasteiger charge is -2.37. The zero-order chi connectivity index (χ0) is 12.3. The van der Waals surface area contributed by atoms with Gasteiger partial charge in [0.25, 0.3) is 0 Å². The topological polar surface area (TPSA) is 15.7 Å². The summed E-state index contributed by atoms with van der Waals surface area (Å²) in [5.41, 5.74) is 0.385. The van der Waals surface area contributed by atoms with Crippen molar-refractivity contribution in [3.8, 4) is 0 Å². The van der Waals surface area contributed by atoms with Crippen molar-refractivity contribution in [2.75, 3.05) is 39.4 Å². The molecule has 1 unspecified atom stereocenters. The Balaban J connectivity index is 1.86. The van der Waals surface area contributed by atoms with Crippen LogP contribution in [0.5, 0.6) is 0 Å². The van der Waals surface area contributed by atoms with Crippen LogP contribution in [0.3, 0.4) is 0 Å². The first-order valence-corrected chi connectivity index (χ1v) is 7.20. The van der Waals surface area contributed by atoms with Gasteiger partial charge in [-0.25, -0.2) is 0 Å². The quantitative estimate of drug-likeness (QED) is 0.747. The number of hydrogen-bond donors (Lipinski definition) is 0. The fraction of sp³-hybridized carbons (Fsp3) is 1.00. The molecule has 0 amide bonds. The first-order chi connectivity index (χ1) is 8.13. The number of nitrogens with zero attached hydrogens (tertiary/aromatic N) is 2. The van der Waals surface area contributed by atoms with E-state index in [-0.39, 0.29) is 0 Å². The van der Waals surface area contributed by atoms with Crippen molar-refractivity contribution in [3.05, 3.63) is 0 Å². The maximum Gasteiger partial charge on any atom is 0.0594 e. The van der Waals surface area contributed by atoms with Crippen LogP contribution in [0, 0.1) is 0 Å². The fourth-order valence-electron chi connectivity index (χ4n) is 3.30. The highest BCUT2D eigenvalue weighted by atomic mass is 16.5. The van der Waals surface area contributed by atoms with Gasteiger partial charge in [-0.15, -0.1) is 0 Å². The van der Waals surface area contributed by atoms with E-state index in [1.54, 1.807) is 0 Å². The Labute approximate surface area is 106 Å². The van der Waals surface area contributed by atoms with Crippen molar-refractivity contribution in [2.24, 2.45) is 0 Å². The lowest BCUT2D eigenvalue weighted by molar-refractivity contribution is 0.0155. The Morgan fingerprint density at radius 3 is 2.53 bits per heavy atom. The Kier molecular flexibility index (Phi) is 4.45. The molecule has 0 N–H and O–H groups in total. The molecule has 0 aromatic rings. The van der Waals surface area contributed by atoms with E-state index in [0.717, 1.165) is 32.3 Å². The maximum atomic E-state index is 5.44. The Hall–Kier alpha value is -0.120. The summed E-state index contributed by atoms with van der Waals surface area (Å²) in [7, 11) is 0. The second-order valence-corrected chi connectivity index (χ2v) is 6.10. The van der Waals surface area contributed by atoms with Gasteiger partial charge in [0.05, 0.1) is 13.2 Å². The number of rotatable bonds is 4. The summed E-state index contributed by atoms with van der Waals surface area (Å²) in [4.78, 5) is 5.32. The molecular formula is C14H28N2O.